The second-order valence-corrected chi connectivity index (χ2v) is 8.10. The number of aryl methyl sites for hydroxylation is 3. The highest BCUT2D eigenvalue weighted by molar-refractivity contribution is 6.11. The quantitative estimate of drug-likeness (QED) is 0.399. The first kappa shape index (κ1) is 23.6. The van der Waals surface area contributed by atoms with Crippen LogP contribution in [-0.4, -0.2) is 37.0 Å². The van der Waals surface area contributed by atoms with Crippen molar-refractivity contribution in [2.24, 2.45) is 0 Å². The van der Waals surface area contributed by atoms with E-state index in [9.17, 15) is 4.79 Å². The third-order valence-electron chi connectivity index (χ3n) is 5.94. The van der Waals surface area contributed by atoms with Crippen LogP contribution in [0.5, 0.6) is 5.75 Å². The minimum atomic E-state index is -0.0489. The summed E-state index contributed by atoms with van der Waals surface area (Å²) in [6, 6.07) is 21.5. The molecule has 4 heteroatoms. The molecule has 0 bridgehead atoms. The van der Waals surface area contributed by atoms with E-state index < -0.39 is 0 Å². The van der Waals surface area contributed by atoms with Crippen LogP contribution in [0.15, 0.2) is 66.7 Å². The van der Waals surface area contributed by atoms with Gasteiger partial charge in [0.05, 0.1) is 5.69 Å². The summed E-state index contributed by atoms with van der Waals surface area (Å²) in [6.45, 7) is 14.1. The lowest BCUT2D eigenvalue weighted by Crippen LogP contribution is -2.28. The first-order valence-electron chi connectivity index (χ1n) is 11.4. The normalized spacial score (nSPS) is 10.9. The van der Waals surface area contributed by atoms with E-state index in [0.29, 0.717) is 12.2 Å². The number of ether oxygens (including phenoxy) is 1. The molecule has 0 aromatic heterocycles. The average Bonchev–Trinajstić information content (AvgIpc) is 2.81. The van der Waals surface area contributed by atoms with Crippen LogP contribution >= 0.6 is 0 Å². The van der Waals surface area contributed by atoms with E-state index in [0.717, 1.165) is 47.9 Å². The van der Waals surface area contributed by atoms with E-state index in [1.54, 1.807) is 4.90 Å². The first-order chi connectivity index (χ1) is 15.4. The molecule has 0 aliphatic carbocycles. The van der Waals surface area contributed by atoms with Gasteiger partial charge in [0.1, 0.15) is 12.4 Å². The molecule has 0 atom stereocenters. The van der Waals surface area contributed by atoms with Gasteiger partial charge in [-0.2, -0.15) is 0 Å². The van der Waals surface area contributed by atoms with Gasteiger partial charge in [-0.05, 0) is 93.0 Å². The largest absolute Gasteiger partial charge is 0.492 e. The maximum absolute atomic E-state index is 13.6. The summed E-state index contributed by atoms with van der Waals surface area (Å²) in [5.41, 5.74) is 5.82. The second kappa shape index (κ2) is 11.0. The summed E-state index contributed by atoms with van der Waals surface area (Å²) in [6.07, 6.45) is 0. The molecule has 0 aliphatic heterocycles. The zero-order chi connectivity index (χ0) is 23.1. The van der Waals surface area contributed by atoms with E-state index in [1.807, 2.05) is 54.6 Å². The van der Waals surface area contributed by atoms with Gasteiger partial charge < -0.3 is 9.64 Å². The van der Waals surface area contributed by atoms with E-state index in [4.69, 9.17) is 4.74 Å². The number of nitrogens with zero attached hydrogens (tertiary/aromatic N) is 2. The fourth-order valence-corrected chi connectivity index (χ4v) is 3.79. The molecule has 0 saturated heterocycles. The Labute approximate surface area is 192 Å². The van der Waals surface area contributed by atoms with Gasteiger partial charge in [-0.1, -0.05) is 38.1 Å². The zero-order valence-electron chi connectivity index (χ0n) is 19.9. The molecule has 3 aromatic rings. The second-order valence-electron chi connectivity index (χ2n) is 8.10. The molecule has 0 radical (unpaired) electrons. The summed E-state index contributed by atoms with van der Waals surface area (Å²) in [5.74, 6) is 0.761. The molecule has 4 nitrogen and oxygen atoms in total. The van der Waals surface area contributed by atoms with E-state index in [1.165, 1.54) is 5.56 Å². The molecule has 0 unspecified atom stereocenters. The number of likely N-dealkylation sites (N-methyl/N-ethyl adjacent to an activating group) is 1. The summed E-state index contributed by atoms with van der Waals surface area (Å²) in [7, 11) is 0. The Morgan fingerprint density at radius 1 is 0.812 bits per heavy atom. The molecule has 0 heterocycles. The van der Waals surface area contributed by atoms with Crippen LogP contribution in [0.2, 0.25) is 0 Å². The minimum Gasteiger partial charge on any atom is -0.492 e. The van der Waals surface area contributed by atoms with E-state index >= 15 is 0 Å². The molecular formula is C28H34N2O2. The lowest BCUT2D eigenvalue weighted by atomic mass is 10.0. The third kappa shape index (κ3) is 5.57. The number of hydrogen-bond acceptors (Lipinski definition) is 3. The van der Waals surface area contributed by atoms with Crippen LogP contribution in [0.4, 0.5) is 11.4 Å². The average molecular weight is 431 g/mol. The van der Waals surface area contributed by atoms with Crippen molar-refractivity contribution >= 4 is 17.3 Å². The smallest absolute Gasteiger partial charge is 0.262 e. The van der Waals surface area contributed by atoms with Crippen molar-refractivity contribution in [2.45, 2.75) is 34.6 Å². The molecule has 32 heavy (non-hydrogen) atoms. The monoisotopic (exact) mass is 430 g/mol. The lowest BCUT2D eigenvalue weighted by Gasteiger charge is -2.26. The number of benzene rings is 3. The fourth-order valence-electron chi connectivity index (χ4n) is 3.79. The predicted octanol–water partition coefficient (Wildman–Crippen LogP) is 6.31. The Balaban J connectivity index is 1.90. The molecule has 1 amide bonds. The van der Waals surface area contributed by atoms with Gasteiger partial charge in [0.25, 0.3) is 5.91 Å². The van der Waals surface area contributed by atoms with Gasteiger partial charge in [-0.25, -0.2) is 0 Å². The highest BCUT2D eigenvalue weighted by Crippen LogP contribution is 2.33. The number of amides is 1. The van der Waals surface area contributed by atoms with E-state index in [-0.39, 0.29) is 5.91 Å². The Kier molecular flexibility index (Phi) is 8.07. The van der Waals surface area contributed by atoms with Gasteiger partial charge in [-0.15, -0.1) is 0 Å². The highest BCUT2D eigenvalue weighted by atomic mass is 16.5. The molecule has 0 N–H and O–H groups in total. The van der Waals surface area contributed by atoms with Crippen LogP contribution < -0.4 is 9.64 Å². The van der Waals surface area contributed by atoms with Crippen molar-refractivity contribution in [1.82, 2.24) is 4.90 Å². The molecule has 3 rings (SSSR count). The van der Waals surface area contributed by atoms with Crippen molar-refractivity contribution in [2.75, 3.05) is 31.1 Å². The van der Waals surface area contributed by atoms with Crippen molar-refractivity contribution in [1.29, 1.82) is 0 Å². The van der Waals surface area contributed by atoms with Crippen molar-refractivity contribution in [3.8, 4) is 5.75 Å². The SMILES string of the molecule is CCN(CC)CCOc1ccc(N(C(=O)c2ccccc2)c2cc(C)c(C)cc2C)cc1. The van der Waals surface area contributed by atoms with Crippen molar-refractivity contribution in [3.05, 3.63) is 89.0 Å². The lowest BCUT2D eigenvalue weighted by molar-refractivity contribution is 0.0999. The molecule has 0 aliphatic rings. The predicted molar refractivity (Wildman–Crippen MR) is 133 cm³/mol. The highest BCUT2D eigenvalue weighted by Gasteiger charge is 2.22. The van der Waals surface area contributed by atoms with Gasteiger partial charge >= 0.3 is 0 Å². The fraction of sp³-hybridized carbons (Fsp3) is 0.321. The molecule has 0 spiro atoms. The summed E-state index contributed by atoms with van der Waals surface area (Å²) in [4.78, 5) is 17.7. The van der Waals surface area contributed by atoms with Gasteiger partial charge in [-0.3, -0.25) is 9.69 Å². The molecular weight excluding hydrogens is 396 g/mol. The number of anilines is 2. The van der Waals surface area contributed by atoms with Crippen LogP contribution in [0.3, 0.4) is 0 Å². The first-order valence-corrected chi connectivity index (χ1v) is 11.4. The molecule has 0 fully saturated rings. The van der Waals surface area contributed by atoms with Crippen LogP contribution in [0.25, 0.3) is 0 Å². The topological polar surface area (TPSA) is 32.8 Å². The maximum atomic E-state index is 13.6. The van der Waals surface area contributed by atoms with E-state index in [2.05, 4.69) is 51.7 Å². The minimum absolute atomic E-state index is 0.0489. The Hall–Kier alpha value is -3.11. The summed E-state index contributed by atoms with van der Waals surface area (Å²) >= 11 is 0. The Morgan fingerprint density at radius 2 is 1.44 bits per heavy atom. The molecule has 168 valence electrons. The zero-order valence-corrected chi connectivity index (χ0v) is 19.9. The Morgan fingerprint density at radius 3 is 2.06 bits per heavy atom. The van der Waals surface area contributed by atoms with Gasteiger partial charge in [0.2, 0.25) is 0 Å². The van der Waals surface area contributed by atoms with Gasteiger partial charge in [0, 0.05) is 17.8 Å². The summed E-state index contributed by atoms with van der Waals surface area (Å²) in [5, 5.41) is 0. The van der Waals surface area contributed by atoms with Crippen LogP contribution in [0, 0.1) is 20.8 Å². The van der Waals surface area contributed by atoms with Crippen molar-refractivity contribution < 1.29 is 9.53 Å². The third-order valence-corrected chi connectivity index (χ3v) is 5.94. The maximum Gasteiger partial charge on any atom is 0.262 e. The van der Waals surface area contributed by atoms with Crippen LogP contribution in [-0.2, 0) is 0 Å². The van der Waals surface area contributed by atoms with Gasteiger partial charge in [0.15, 0.2) is 0 Å². The number of carbonyl (C=O) groups is 1. The van der Waals surface area contributed by atoms with Crippen molar-refractivity contribution in [3.63, 3.8) is 0 Å². The summed E-state index contributed by atoms with van der Waals surface area (Å²) < 4.78 is 5.94. The number of rotatable bonds is 9. The molecule has 0 saturated carbocycles. The number of hydrogen-bond donors (Lipinski definition) is 0. The van der Waals surface area contributed by atoms with Crippen LogP contribution in [0.1, 0.15) is 40.9 Å². The standard InChI is InChI=1S/C28H34N2O2/c1-6-29(7-2)17-18-32-26-15-13-25(14-16-26)30(28(31)24-11-9-8-10-12-24)27-20-22(4)21(3)19-23(27)5/h8-16,19-20H,6-7,17-18H2,1-5H3. The molecule has 3 aromatic carbocycles. The Bertz CT molecular complexity index is 1030. The number of carbonyl (C=O) groups excluding carboxylic acids is 1.